The largest absolute Gasteiger partial charge is 0.490 e. The molecular weight excluding hydrogens is 703 g/mol. The van der Waals surface area contributed by atoms with Crippen LogP contribution in [0.5, 0.6) is 11.5 Å². The molecular formula is C41H51N7O5S. The molecule has 3 atom stereocenters. The summed E-state index contributed by atoms with van der Waals surface area (Å²) in [7, 11) is 0. The second-order valence-electron chi connectivity index (χ2n) is 14.8. The molecule has 0 radical (unpaired) electrons. The topological polar surface area (TPSA) is 129 Å². The van der Waals surface area contributed by atoms with Gasteiger partial charge in [-0.15, -0.1) is 0 Å². The maximum Gasteiger partial charge on any atom is 0.331 e. The fourth-order valence-corrected chi connectivity index (χ4v) is 8.31. The lowest BCUT2D eigenvalue weighted by Gasteiger charge is -2.37. The predicted octanol–water partition coefficient (Wildman–Crippen LogP) is 9.72. The Labute approximate surface area is 320 Å². The average molecular weight is 754 g/mol. The van der Waals surface area contributed by atoms with E-state index in [-0.39, 0.29) is 34.8 Å². The number of benzene rings is 2. The highest BCUT2D eigenvalue weighted by Crippen LogP contribution is 2.39. The summed E-state index contributed by atoms with van der Waals surface area (Å²) >= 11 is -1.96. The molecule has 0 spiro atoms. The molecule has 286 valence electrons. The van der Waals surface area contributed by atoms with Crippen molar-refractivity contribution in [3.63, 3.8) is 0 Å². The molecule has 0 aliphatic heterocycles. The highest BCUT2D eigenvalue weighted by atomic mass is 32.2. The summed E-state index contributed by atoms with van der Waals surface area (Å²) in [5.74, 6) is 2.13. The van der Waals surface area contributed by atoms with E-state index >= 15 is 0 Å². The number of carbonyl (C=O) groups is 1. The monoisotopic (exact) mass is 753 g/mol. The number of nitrogens with zero attached hydrogens (tertiary/aromatic N) is 5. The van der Waals surface area contributed by atoms with Crippen LogP contribution in [0.3, 0.4) is 0 Å². The number of imidazole rings is 1. The maximum atomic E-state index is 14.0. The van der Waals surface area contributed by atoms with Gasteiger partial charge in [0.05, 0.1) is 25.2 Å². The molecule has 2 aromatic carbocycles. The van der Waals surface area contributed by atoms with Crippen molar-refractivity contribution in [2.75, 3.05) is 11.3 Å². The predicted molar refractivity (Wildman–Crippen MR) is 211 cm³/mol. The molecule has 13 heteroatoms. The van der Waals surface area contributed by atoms with Crippen LogP contribution in [0.2, 0.25) is 0 Å². The van der Waals surface area contributed by atoms with E-state index in [1.807, 2.05) is 50.2 Å². The van der Waals surface area contributed by atoms with Crippen LogP contribution >= 0.6 is 0 Å². The molecule has 6 rings (SSSR count). The number of H-pyrrole nitrogens is 1. The number of hydrogen-bond donors (Lipinski definition) is 2. The van der Waals surface area contributed by atoms with Gasteiger partial charge in [-0.2, -0.15) is 4.21 Å². The van der Waals surface area contributed by atoms with Crippen LogP contribution in [0, 0.1) is 38.2 Å². The molecule has 1 fully saturated rings. The Morgan fingerprint density at radius 3 is 2.52 bits per heavy atom. The van der Waals surface area contributed by atoms with E-state index in [4.69, 9.17) is 25.2 Å². The number of aromatic nitrogens is 5. The van der Waals surface area contributed by atoms with Crippen LogP contribution in [0.1, 0.15) is 101 Å². The Kier molecular flexibility index (Phi) is 12.4. The molecule has 54 heavy (non-hydrogen) atoms. The minimum absolute atomic E-state index is 0.0989. The van der Waals surface area contributed by atoms with E-state index in [2.05, 4.69) is 47.3 Å². The van der Waals surface area contributed by atoms with Crippen LogP contribution < -0.4 is 13.6 Å². The lowest BCUT2D eigenvalue weighted by Crippen LogP contribution is -2.37. The minimum Gasteiger partial charge on any atom is -0.490 e. The van der Waals surface area contributed by atoms with Crippen molar-refractivity contribution in [3.05, 3.63) is 83.2 Å². The van der Waals surface area contributed by atoms with Crippen molar-refractivity contribution in [1.82, 2.24) is 24.1 Å². The van der Waals surface area contributed by atoms with E-state index < -0.39 is 17.2 Å². The van der Waals surface area contributed by atoms with Crippen LogP contribution in [0.25, 0.3) is 27.7 Å². The fraction of sp³-hybridized carbons (Fsp3) is 0.463. The standard InChI is InChI=1S/C41H51N7O5S/c1-8-9-10-11-12-13-20-51-33-17-14-26(2)23-34(33)53-54(50)46-32-24-31(16-15-28(32)4)38-44-39-35(41(49)52-37-29(5)21-27(3)22-30(37)6)36(42-7)40(48(39)45-38)47-19-18-43-25-47/h14-19,23-25,27,29-30,37,46H,8-13,20-22H2,1-6H3,(H,44,45). The third kappa shape index (κ3) is 8.65. The molecule has 12 nitrogen and oxygen atoms in total. The third-order valence-electron chi connectivity index (χ3n) is 10.2. The fourth-order valence-electron chi connectivity index (χ4n) is 7.57. The highest BCUT2D eigenvalue weighted by Gasteiger charge is 2.37. The molecule has 3 unspecified atom stereocenters. The second-order valence-corrected chi connectivity index (χ2v) is 15.6. The number of carbonyl (C=O) groups excluding carboxylic acids is 1. The Morgan fingerprint density at radius 2 is 1.80 bits per heavy atom. The van der Waals surface area contributed by atoms with Crippen molar-refractivity contribution < 1.29 is 22.7 Å². The lowest BCUT2D eigenvalue weighted by molar-refractivity contribution is -0.0249. The number of fused-ring (bicyclic) bond motifs is 1. The van der Waals surface area contributed by atoms with Gasteiger partial charge in [0.15, 0.2) is 23.0 Å². The minimum atomic E-state index is -1.96. The van der Waals surface area contributed by atoms with Crippen molar-refractivity contribution in [3.8, 4) is 28.7 Å². The number of nitrogens with one attached hydrogen (secondary N) is 2. The number of rotatable bonds is 16. The summed E-state index contributed by atoms with van der Waals surface area (Å²) in [5.41, 5.74) is 3.51. The maximum absolute atomic E-state index is 14.0. The summed E-state index contributed by atoms with van der Waals surface area (Å²) in [6.45, 7) is 21.2. The number of aryl methyl sites for hydroxylation is 2. The first-order valence-corrected chi connectivity index (χ1v) is 20.1. The summed E-state index contributed by atoms with van der Waals surface area (Å²) in [6, 6.07) is 11.2. The number of esters is 1. The molecule has 0 bridgehead atoms. The van der Waals surface area contributed by atoms with Gasteiger partial charge < -0.3 is 13.7 Å². The first kappa shape index (κ1) is 38.6. The summed E-state index contributed by atoms with van der Waals surface area (Å²) < 4.78 is 37.9. The van der Waals surface area contributed by atoms with E-state index in [1.165, 1.54) is 25.7 Å². The average Bonchev–Trinajstić information content (AvgIpc) is 3.88. The van der Waals surface area contributed by atoms with Gasteiger partial charge in [-0.05, 0) is 80.2 Å². The Balaban J connectivity index is 1.25. The number of aromatic amines is 1. The van der Waals surface area contributed by atoms with Gasteiger partial charge in [-0.3, -0.25) is 14.4 Å². The second kappa shape index (κ2) is 17.4. The molecule has 5 aromatic rings. The van der Waals surface area contributed by atoms with Gasteiger partial charge in [0.1, 0.15) is 17.5 Å². The van der Waals surface area contributed by atoms with Gasteiger partial charge in [0.25, 0.3) is 0 Å². The highest BCUT2D eigenvalue weighted by molar-refractivity contribution is 7.82. The Hall–Kier alpha value is -5.09. The molecule has 2 N–H and O–H groups in total. The van der Waals surface area contributed by atoms with E-state index in [9.17, 15) is 9.00 Å². The summed E-state index contributed by atoms with van der Waals surface area (Å²) in [4.78, 5) is 26.9. The first-order chi connectivity index (χ1) is 26.1. The lowest BCUT2D eigenvalue weighted by atomic mass is 9.75. The van der Waals surface area contributed by atoms with Crippen LogP contribution in [-0.4, -0.2) is 47.0 Å². The Morgan fingerprint density at radius 1 is 1.04 bits per heavy atom. The normalized spacial score (nSPS) is 19.0. The zero-order valence-electron chi connectivity index (χ0n) is 32.1. The van der Waals surface area contributed by atoms with Gasteiger partial charge >= 0.3 is 17.2 Å². The summed E-state index contributed by atoms with van der Waals surface area (Å²) in [5, 5.41) is 3.29. The van der Waals surface area contributed by atoms with Crippen molar-refractivity contribution in [2.45, 2.75) is 99.0 Å². The Bertz CT molecular complexity index is 2120. The molecule has 3 aromatic heterocycles. The number of anilines is 1. The van der Waals surface area contributed by atoms with Crippen molar-refractivity contribution in [2.24, 2.45) is 17.8 Å². The molecule has 1 aliphatic carbocycles. The molecule has 1 aliphatic rings. The smallest absolute Gasteiger partial charge is 0.331 e. The first-order valence-electron chi connectivity index (χ1n) is 19.0. The zero-order valence-corrected chi connectivity index (χ0v) is 32.9. The quantitative estimate of drug-likeness (QED) is 0.0583. The van der Waals surface area contributed by atoms with Crippen LogP contribution in [0.15, 0.2) is 55.1 Å². The van der Waals surface area contributed by atoms with E-state index in [0.29, 0.717) is 46.9 Å². The SMILES string of the molecule is [C-]#[N+]c1c(C(=O)OC2C(C)CC(C)CC2C)c2nc(-c3ccc(C)c(NS(=O)Oc4cc(C)ccc4OCCCCCCCC)c3)[nH]n2c1-n1ccnc1. The van der Waals surface area contributed by atoms with Crippen molar-refractivity contribution >= 4 is 34.3 Å². The van der Waals surface area contributed by atoms with E-state index in [0.717, 1.165) is 36.8 Å². The molecule has 0 saturated heterocycles. The number of unbranched alkanes of at least 4 members (excludes halogenated alkanes) is 5. The third-order valence-corrected chi connectivity index (χ3v) is 11.0. The van der Waals surface area contributed by atoms with Gasteiger partial charge in [-0.25, -0.2) is 24.1 Å². The number of ether oxygens (including phenoxy) is 2. The van der Waals surface area contributed by atoms with Crippen LogP contribution in [0.4, 0.5) is 11.4 Å². The molecule has 3 heterocycles. The van der Waals surface area contributed by atoms with Gasteiger partial charge in [-0.1, -0.05) is 78.0 Å². The zero-order chi connectivity index (χ0) is 38.4. The van der Waals surface area contributed by atoms with Gasteiger partial charge in [0.2, 0.25) is 5.69 Å². The van der Waals surface area contributed by atoms with Crippen molar-refractivity contribution in [1.29, 1.82) is 0 Å². The summed E-state index contributed by atoms with van der Waals surface area (Å²) in [6.07, 6.45) is 13.5. The van der Waals surface area contributed by atoms with Gasteiger partial charge in [0, 0.05) is 18.0 Å². The molecule has 1 saturated carbocycles. The van der Waals surface area contributed by atoms with E-state index in [1.54, 1.807) is 27.8 Å². The van der Waals surface area contributed by atoms with Crippen LogP contribution in [-0.2, 0) is 16.0 Å². The number of hydrogen-bond acceptors (Lipinski definition) is 7. The molecule has 0 amide bonds.